The van der Waals surface area contributed by atoms with Crippen LogP contribution in [-0.2, 0) is 4.79 Å². The van der Waals surface area contributed by atoms with Gasteiger partial charge >= 0.3 is 5.97 Å². The van der Waals surface area contributed by atoms with Crippen molar-refractivity contribution in [2.24, 2.45) is 5.92 Å². The number of hydrogen-bond acceptors (Lipinski definition) is 1. The van der Waals surface area contributed by atoms with E-state index >= 15 is 0 Å². The van der Waals surface area contributed by atoms with Crippen LogP contribution in [0.5, 0.6) is 0 Å². The monoisotopic (exact) mass is 318 g/mol. The van der Waals surface area contributed by atoms with Gasteiger partial charge in [0.25, 0.3) is 0 Å². The topological polar surface area (TPSA) is 37.3 Å². The first-order valence-electron chi connectivity index (χ1n) is 9.01. The minimum atomic E-state index is -0.682. The van der Waals surface area contributed by atoms with Crippen molar-refractivity contribution in [3.05, 3.63) is 0 Å². The molecule has 0 saturated heterocycles. The Kier molecular flexibility index (Phi) is 16.0. The minimum absolute atomic E-state index is 0.231. The van der Waals surface area contributed by atoms with E-state index in [1.54, 1.807) is 0 Å². The van der Waals surface area contributed by atoms with E-state index in [2.05, 4.69) is 6.92 Å². The molecular weight excluding hydrogens is 284 g/mol. The van der Waals surface area contributed by atoms with Crippen LogP contribution in [0, 0.1) is 5.92 Å². The van der Waals surface area contributed by atoms with Gasteiger partial charge in [-0.2, -0.15) is 0 Å². The Morgan fingerprint density at radius 1 is 0.810 bits per heavy atom. The molecule has 0 aromatic heterocycles. The molecule has 3 heteroatoms. The van der Waals surface area contributed by atoms with Crippen molar-refractivity contribution in [2.75, 3.05) is 5.88 Å². The summed E-state index contributed by atoms with van der Waals surface area (Å²) in [4.78, 5) is 11.0. The number of halogens is 1. The lowest BCUT2D eigenvalue weighted by Crippen LogP contribution is -2.14. The highest BCUT2D eigenvalue weighted by Crippen LogP contribution is 2.17. The van der Waals surface area contributed by atoms with E-state index in [4.69, 9.17) is 16.7 Å². The molecule has 1 atom stereocenters. The molecule has 0 heterocycles. The molecule has 0 saturated carbocycles. The molecule has 126 valence electrons. The van der Waals surface area contributed by atoms with Crippen molar-refractivity contribution < 1.29 is 9.90 Å². The SMILES string of the molecule is CCCCCCCCCCCCCCC(CCCl)C(=O)O. The molecule has 0 bridgehead atoms. The first kappa shape index (κ1) is 20.8. The standard InChI is InChI=1S/C18H35ClO2/c1-2-3-4-5-6-7-8-9-10-11-12-13-14-17(15-16-19)18(20)21/h17H,2-16H2,1H3,(H,20,21). The van der Waals surface area contributed by atoms with E-state index in [9.17, 15) is 4.79 Å². The third kappa shape index (κ3) is 14.5. The van der Waals surface area contributed by atoms with E-state index < -0.39 is 5.97 Å². The van der Waals surface area contributed by atoms with Crippen molar-refractivity contribution in [1.82, 2.24) is 0 Å². The van der Waals surface area contributed by atoms with Gasteiger partial charge in [-0.3, -0.25) is 4.79 Å². The highest BCUT2D eigenvalue weighted by Gasteiger charge is 2.15. The van der Waals surface area contributed by atoms with E-state index in [-0.39, 0.29) is 5.92 Å². The van der Waals surface area contributed by atoms with Crippen LogP contribution < -0.4 is 0 Å². The summed E-state index contributed by atoms with van der Waals surface area (Å²) in [5.41, 5.74) is 0. The van der Waals surface area contributed by atoms with Gasteiger partial charge in [-0.15, -0.1) is 11.6 Å². The average Bonchev–Trinajstić information content (AvgIpc) is 2.47. The summed E-state index contributed by atoms with van der Waals surface area (Å²) < 4.78 is 0. The van der Waals surface area contributed by atoms with Crippen LogP contribution in [0.3, 0.4) is 0 Å². The van der Waals surface area contributed by atoms with Gasteiger partial charge in [0, 0.05) is 5.88 Å². The Bertz CT molecular complexity index is 231. The normalized spacial score (nSPS) is 12.5. The summed E-state index contributed by atoms with van der Waals surface area (Å²) in [6.45, 7) is 2.26. The number of carboxylic acid groups (broad SMARTS) is 1. The predicted octanol–water partition coefficient (Wildman–Crippen LogP) is 6.41. The van der Waals surface area contributed by atoms with Gasteiger partial charge in [0.05, 0.1) is 5.92 Å². The van der Waals surface area contributed by atoms with Gasteiger partial charge in [-0.05, 0) is 12.8 Å². The molecule has 0 aliphatic rings. The first-order chi connectivity index (χ1) is 10.2. The second-order valence-electron chi connectivity index (χ2n) is 6.19. The molecule has 1 N–H and O–H groups in total. The third-order valence-electron chi connectivity index (χ3n) is 4.21. The number of hydrogen-bond donors (Lipinski definition) is 1. The molecule has 0 rings (SSSR count). The van der Waals surface area contributed by atoms with Crippen LogP contribution in [0.2, 0.25) is 0 Å². The Balaban J connectivity index is 3.23. The summed E-state index contributed by atoms with van der Waals surface area (Å²) in [6, 6.07) is 0. The van der Waals surface area contributed by atoms with Crippen LogP contribution in [0.25, 0.3) is 0 Å². The fraction of sp³-hybridized carbons (Fsp3) is 0.944. The smallest absolute Gasteiger partial charge is 0.306 e. The van der Waals surface area contributed by atoms with Crippen LogP contribution in [0.4, 0.5) is 0 Å². The second kappa shape index (κ2) is 16.1. The summed E-state index contributed by atoms with van der Waals surface area (Å²) in [5.74, 6) is -0.459. The summed E-state index contributed by atoms with van der Waals surface area (Å²) >= 11 is 5.63. The molecule has 0 aromatic carbocycles. The van der Waals surface area contributed by atoms with E-state index in [0.717, 1.165) is 12.8 Å². The largest absolute Gasteiger partial charge is 0.481 e. The quantitative estimate of drug-likeness (QED) is 0.264. The molecule has 0 aliphatic carbocycles. The van der Waals surface area contributed by atoms with Crippen LogP contribution >= 0.6 is 11.6 Å². The number of alkyl halides is 1. The molecule has 0 amide bonds. The van der Waals surface area contributed by atoms with Gasteiger partial charge in [0.1, 0.15) is 0 Å². The highest BCUT2D eigenvalue weighted by molar-refractivity contribution is 6.17. The van der Waals surface area contributed by atoms with E-state index in [0.29, 0.717) is 12.3 Å². The molecule has 0 aromatic rings. The molecule has 0 fully saturated rings. The van der Waals surface area contributed by atoms with Gasteiger partial charge in [0.15, 0.2) is 0 Å². The third-order valence-corrected chi connectivity index (χ3v) is 4.43. The fourth-order valence-corrected chi connectivity index (χ4v) is 3.02. The lowest BCUT2D eigenvalue weighted by molar-refractivity contribution is -0.142. The van der Waals surface area contributed by atoms with Crippen molar-refractivity contribution in [3.63, 3.8) is 0 Å². The van der Waals surface area contributed by atoms with Crippen molar-refractivity contribution in [1.29, 1.82) is 0 Å². The maximum absolute atomic E-state index is 11.0. The zero-order chi connectivity index (χ0) is 15.8. The first-order valence-corrected chi connectivity index (χ1v) is 9.54. The Hall–Kier alpha value is -0.240. The number of carbonyl (C=O) groups is 1. The number of rotatable bonds is 16. The zero-order valence-electron chi connectivity index (χ0n) is 13.9. The van der Waals surface area contributed by atoms with Crippen LogP contribution in [-0.4, -0.2) is 17.0 Å². The molecule has 1 unspecified atom stereocenters. The number of unbranched alkanes of at least 4 members (excludes halogenated alkanes) is 11. The zero-order valence-corrected chi connectivity index (χ0v) is 14.7. The Morgan fingerprint density at radius 3 is 1.62 bits per heavy atom. The number of aliphatic carboxylic acids is 1. The van der Waals surface area contributed by atoms with Crippen molar-refractivity contribution >= 4 is 17.6 Å². The van der Waals surface area contributed by atoms with E-state index in [1.807, 2.05) is 0 Å². The van der Waals surface area contributed by atoms with Gasteiger partial charge in [0.2, 0.25) is 0 Å². The molecule has 2 nitrogen and oxygen atoms in total. The van der Waals surface area contributed by atoms with Crippen LogP contribution in [0.1, 0.15) is 96.8 Å². The van der Waals surface area contributed by atoms with Crippen molar-refractivity contribution in [2.45, 2.75) is 96.8 Å². The number of carboxylic acids is 1. The summed E-state index contributed by atoms with van der Waals surface area (Å²) in [5, 5.41) is 9.02. The second-order valence-corrected chi connectivity index (χ2v) is 6.57. The van der Waals surface area contributed by atoms with E-state index in [1.165, 1.54) is 70.6 Å². The molecule has 0 aliphatic heterocycles. The fourth-order valence-electron chi connectivity index (χ4n) is 2.75. The summed E-state index contributed by atoms with van der Waals surface area (Å²) in [6.07, 6.45) is 17.2. The molecule has 0 spiro atoms. The van der Waals surface area contributed by atoms with Gasteiger partial charge in [-0.25, -0.2) is 0 Å². The highest BCUT2D eigenvalue weighted by atomic mass is 35.5. The summed E-state index contributed by atoms with van der Waals surface area (Å²) in [7, 11) is 0. The minimum Gasteiger partial charge on any atom is -0.481 e. The van der Waals surface area contributed by atoms with Gasteiger partial charge < -0.3 is 5.11 Å². The lowest BCUT2D eigenvalue weighted by Gasteiger charge is -2.10. The predicted molar refractivity (Wildman–Crippen MR) is 92.2 cm³/mol. The maximum Gasteiger partial charge on any atom is 0.306 e. The van der Waals surface area contributed by atoms with Crippen molar-refractivity contribution in [3.8, 4) is 0 Å². The van der Waals surface area contributed by atoms with Gasteiger partial charge in [-0.1, -0.05) is 84.0 Å². The Morgan fingerprint density at radius 2 is 1.24 bits per heavy atom. The average molecular weight is 319 g/mol. The molecule has 0 radical (unpaired) electrons. The van der Waals surface area contributed by atoms with Crippen LogP contribution in [0.15, 0.2) is 0 Å². The Labute approximate surface area is 136 Å². The lowest BCUT2D eigenvalue weighted by atomic mass is 9.98. The molecule has 21 heavy (non-hydrogen) atoms. The molecular formula is C18H35ClO2. The maximum atomic E-state index is 11.0.